The Morgan fingerprint density at radius 3 is 2.42 bits per heavy atom. The Balaban J connectivity index is 1.96. The average molecular weight is 450 g/mol. The summed E-state index contributed by atoms with van der Waals surface area (Å²) in [5.41, 5.74) is 2.55. The number of ether oxygens (including phenoxy) is 1. The minimum absolute atomic E-state index is 0.108. The van der Waals surface area contributed by atoms with Crippen LogP contribution in [0.25, 0.3) is 11.2 Å². The zero-order valence-electron chi connectivity index (χ0n) is 18.8. The summed E-state index contributed by atoms with van der Waals surface area (Å²) in [6, 6.07) is 11.9. The van der Waals surface area contributed by atoms with Gasteiger partial charge in [0.1, 0.15) is 0 Å². The van der Waals surface area contributed by atoms with Crippen molar-refractivity contribution in [1.29, 1.82) is 0 Å². The number of pyridine rings is 1. The molecule has 0 radical (unpaired) electrons. The minimum Gasteiger partial charge on any atom is -0.465 e. The van der Waals surface area contributed by atoms with Crippen molar-refractivity contribution in [3.8, 4) is 6.01 Å². The van der Waals surface area contributed by atoms with Crippen LogP contribution in [0.2, 0.25) is 0 Å². The highest BCUT2D eigenvalue weighted by Crippen LogP contribution is 2.21. The molecule has 0 saturated carbocycles. The molecular weight excluding hydrogens is 422 g/mol. The second-order valence-corrected chi connectivity index (χ2v) is 7.84. The fourth-order valence-electron chi connectivity index (χ4n) is 3.78. The molecule has 0 spiro atoms. The molecule has 172 valence electrons. The van der Waals surface area contributed by atoms with E-state index in [4.69, 9.17) is 4.74 Å². The number of aryl methyl sites for hydroxylation is 1. The van der Waals surface area contributed by atoms with Crippen LogP contribution in [-0.4, -0.2) is 42.0 Å². The Bertz CT molecular complexity index is 1350. The molecule has 1 aromatic carbocycles. The first-order valence-electron chi connectivity index (χ1n) is 11.0. The maximum atomic E-state index is 13.5. The second kappa shape index (κ2) is 9.83. The van der Waals surface area contributed by atoms with Crippen molar-refractivity contribution in [2.45, 2.75) is 39.9 Å². The first-order valence-corrected chi connectivity index (χ1v) is 11.0. The molecular formula is C24H27N5O4. The first-order chi connectivity index (χ1) is 16.0. The molecule has 9 nitrogen and oxygen atoms in total. The summed E-state index contributed by atoms with van der Waals surface area (Å²) >= 11 is 0. The number of rotatable bonds is 9. The lowest BCUT2D eigenvalue weighted by Gasteiger charge is -2.13. The van der Waals surface area contributed by atoms with Crippen LogP contribution in [-0.2, 0) is 19.6 Å². The van der Waals surface area contributed by atoms with Crippen molar-refractivity contribution in [3.05, 3.63) is 86.3 Å². The Labute approximate surface area is 190 Å². The van der Waals surface area contributed by atoms with Crippen molar-refractivity contribution in [3.63, 3.8) is 0 Å². The van der Waals surface area contributed by atoms with Gasteiger partial charge in [0.05, 0.1) is 19.7 Å². The highest BCUT2D eigenvalue weighted by molar-refractivity contribution is 5.72. The van der Waals surface area contributed by atoms with E-state index in [1.165, 1.54) is 4.57 Å². The standard InChI is InChI=1S/C24H27N5O4/c1-3-33-23-26-21-20(28(23)15-18-9-7-17(2)8-10-18)22(31)27(12-5-13-30)24(32)29(21)16-19-6-4-11-25-14-19/h4,6-11,14,30H,3,5,12-13,15-16H2,1-2H3. The molecule has 0 aliphatic carbocycles. The maximum absolute atomic E-state index is 13.5. The molecule has 33 heavy (non-hydrogen) atoms. The maximum Gasteiger partial charge on any atom is 0.333 e. The first kappa shape index (κ1) is 22.5. The number of aromatic nitrogens is 5. The van der Waals surface area contributed by atoms with Crippen LogP contribution in [0.3, 0.4) is 0 Å². The van der Waals surface area contributed by atoms with E-state index in [1.807, 2.05) is 44.2 Å². The molecule has 0 fully saturated rings. The lowest BCUT2D eigenvalue weighted by Crippen LogP contribution is -2.41. The molecule has 0 amide bonds. The van der Waals surface area contributed by atoms with Gasteiger partial charge < -0.3 is 9.84 Å². The van der Waals surface area contributed by atoms with Crippen LogP contribution in [0, 0.1) is 6.92 Å². The number of aliphatic hydroxyl groups is 1. The lowest BCUT2D eigenvalue weighted by molar-refractivity contribution is 0.277. The predicted octanol–water partition coefficient (Wildman–Crippen LogP) is 1.94. The number of hydrogen-bond acceptors (Lipinski definition) is 6. The number of fused-ring (bicyclic) bond motifs is 1. The number of hydrogen-bond donors (Lipinski definition) is 1. The molecule has 3 aromatic heterocycles. The van der Waals surface area contributed by atoms with Gasteiger partial charge >= 0.3 is 5.69 Å². The Morgan fingerprint density at radius 1 is 1.00 bits per heavy atom. The van der Waals surface area contributed by atoms with E-state index in [0.717, 1.165) is 21.3 Å². The largest absolute Gasteiger partial charge is 0.465 e. The zero-order valence-corrected chi connectivity index (χ0v) is 18.8. The van der Waals surface area contributed by atoms with Crippen LogP contribution in [0.1, 0.15) is 30.0 Å². The van der Waals surface area contributed by atoms with E-state index in [1.54, 1.807) is 23.0 Å². The van der Waals surface area contributed by atoms with E-state index in [0.29, 0.717) is 18.7 Å². The molecule has 9 heteroatoms. The second-order valence-electron chi connectivity index (χ2n) is 7.84. The molecule has 1 N–H and O–H groups in total. The van der Waals surface area contributed by atoms with Gasteiger partial charge in [-0.1, -0.05) is 35.9 Å². The van der Waals surface area contributed by atoms with Gasteiger partial charge in [0.25, 0.3) is 11.6 Å². The average Bonchev–Trinajstić information content (AvgIpc) is 3.17. The summed E-state index contributed by atoms with van der Waals surface area (Å²) in [4.78, 5) is 35.5. The van der Waals surface area contributed by atoms with E-state index in [-0.39, 0.29) is 37.8 Å². The quantitative estimate of drug-likeness (QED) is 0.419. The molecule has 3 heterocycles. The molecule has 4 rings (SSSR count). The van der Waals surface area contributed by atoms with E-state index < -0.39 is 11.2 Å². The van der Waals surface area contributed by atoms with Crippen molar-refractivity contribution < 1.29 is 9.84 Å². The highest BCUT2D eigenvalue weighted by atomic mass is 16.5. The summed E-state index contributed by atoms with van der Waals surface area (Å²) in [6.45, 7) is 4.78. The lowest BCUT2D eigenvalue weighted by atomic mass is 10.1. The van der Waals surface area contributed by atoms with E-state index >= 15 is 0 Å². The Morgan fingerprint density at radius 2 is 1.76 bits per heavy atom. The zero-order chi connectivity index (χ0) is 23.4. The topological polar surface area (TPSA) is 104 Å². The van der Waals surface area contributed by atoms with Crippen molar-refractivity contribution in [2.24, 2.45) is 0 Å². The van der Waals surface area contributed by atoms with Gasteiger partial charge in [-0.15, -0.1) is 0 Å². The van der Waals surface area contributed by atoms with Gasteiger partial charge in [-0.3, -0.25) is 23.5 Å². The van der Waals surface area contributed by atoms with Crippen molar-refractivity contribution in [2.75, 3.05) is 13.2 Å². The third-order valence-corrected chi connectivity index (χ3v) is 5.42. The van der Waals surface area contributed by atoms with Crippen molar-refractivity contribution in [1.82, 2.24) is 23.7 Å². The van der Waals surface area contributed by atoms with Gasteiger partial charge in [0, 0.05) is 25.5 Å². The molecule has 0 aliphatic heterocycles. The molecule has 0 bridgehead atoms. The number of aliphatic hydroxyl groups excluding tert-OH is 1. The monoisotopic (exact) mass is 449 g/mol. The summed E-state index contributed by atoms with van der Waals surface area (Å²) in [6.07, 6.45) is 3.62. The minimum atomic E-state index is -0.479. The third-order valence-electron chi connectivity index (χ3n) is 5.42. The van der Waals surface area contributed by atoms with Crippen molar-refractivity contribution >= 4 is 11.2 Å². The number of benzene rings is 1. The van der Waals surface area contributed by atoms with Crippen LogP contribution < -0.4 is 16.0 Å². The van der Waals surface area contributed by atoms with Crippen LogP contribution >= 0.6 is 0 Å². The molecule has 0 saturated heterocycles. The smallest absolute Gasteiger partial charge is 0.333 e. The highest BCUT2D eigenvalue weighted by Gasteiger charge is 2.22. The number of imidazole rings is 1. The van der Waals surface area contributed by atoms with Gasteiger partial charge in [-0.2, -0.15) is 4.98 Å². The van der Waals surface area contributed by atoms with Gasteiger partial charge in [0.2, 0.25) is 0 Å². The molecule has 0 unspecified atom stereocenters. The van der Waals surface area contributed by atoms with Crippen LogP contribution in [0.4, 0.5) is 0 Å². The molecule has 0 aliphatic rings. The normalized spacial score (nSPS) is 11.2. The third kappa shape index (κ3) is 4.58. The Hall–Kier alpha value is -3.72. The molecule has 0 atom stereocenters. The predicted molar refractivity (Wildman–Crippen MR) is 125 cm³/mol. The summed E-state index contributed by atoms with van der Waals surface area (Å²) in [5.74, 6) is 0. The van der Waals surface area contributed by atoms with Gasteiger partial charge in [0.15, 0.2) is 11.2 Å². The SMILES string of the molecule is CCOc1nc2c(c(=O)n(CCCO)c(=O)n2Cc2cccnc2)n1Cc1ccc(C)cc1. The van der Waals surface area contributed by atoms with E-state index in [2.05, 4.69) is 9.97 Å². The molecule has 4 aromatic rings. The van der Waals surface area contributed by atoms with Gasteiger partial charge in [-0.05, 0) is 37.5 Å². The summed E-state index contributed by atoms with van der Waals surface area (Å²) < 4.78 is 10.1. The van der Waals surface area contributed by atoms with Crippen LogP contribution in [0.5, 0.6) is 6.01 Å². The fourth-order valence-corrected chi connectivity index (χ4v) is 3.78. The van der Waals surface area contributed by atoms with E-state index in [9.17, 15) is 14.7 Å². The fraction of sp³-hybridized carbons (Fsp3) is 0.333. The summed E-state index contributed by atoms with van der Waals surface area (Å²) in [7, 11) is 0. The van der Waals surface area contributed by atoms with Gasteiger partial charge in [-0.25, -0.2) is 4.79 Å². The van der Waals surface area contributed by atoms with Crippen LogP contribution in [0.15, 0.2) is 58.4 Å². The summed E-state index contributed by atoms with van der Waals surface area (Å²) in [5, 5.41) is 9.30. The number of nitrogens with zero attached hydrogens (tertiary/aromatic N) is 5. The Kier molecular flexibility index (Phi) is 6.69.